The van der Waals surface area contributed by atoms with Crippen molar-refractivity contribution in [1.29, 1.82) is 0 Å². The molecule has 0 aliphatic carbocycles. The normalized spacial score (nSPS) is 7.82. The van der Waals surface area contributed by atoms with Gasteiger partial charge in [-0.25, -0.2) is 0 Å². The first-order chi connectivity index (χ1) is 5.31. The second kappa shape index (κ2) is 7.38. The first-order valence-electron chi connectivity index (χ1n) is 3.36. The highest BCUT2D eigenvalue weighted by molar-refractivity contribution is 7.80. The molecule has 0 bridgehead atoms. The van der Waals surface area contributed by atoms with Crippen LogP contribution in [0.4, 0.5) is 0 Å². The zero-order chi connectivity index (χ0) is 8.53. The third-order valence-corrected chi connectivity index (χ3v) is 1.22. The molecule has 11 heavy (non-hydrogen) atoms. The predicted octanol–water partition coefficient (Wildman–Crippen LogP) is 2.11. The standard InChI is InChI=1S/C6H6S.C3H7N/c7-6-4-2-1-3-5-6;1-2-3-4/h1-5,7H;2H,1,3-4H2. The molecule has 60 valence electrons. The van der Waals surface area contributed by atoms with Crippen molar-refractivity contribution in [2.24, 2.45) is 5.73 Å². The Morgan fingerprint density at radius 3 is 2.00 bits per heavy atom. The van der Waals surface area contributed by atoms with Crippen LogP contribution in [0.2, 0.25) is 0 Å². The second-order valence-electron chi connectivity index (χ2n) is 1.86. The zero-order valence-electron chi connectivity index (χ0n) is 6.40. The van der Waals surface area contributed by atoms with E-state index < -0.39 is 0 Å². The summed E-state index contributed by atoms with van der Waals surface area (Å²) in [6.45, 7) is 3.94. The zero-order valence-corrected chi connectivity index (χ0v) is 7.30. The van der Waals surface area contributed by atoms with Gasteiger partial charge in [0.2, 0.25) is 0 Å². The molecule has 1 rings (SSSR count). The summed E-state index contributed by atoms with van der Waals surface area (Å²) in [4.78, 5) is 1.02. The van der Waals surface area contributed by atoms with E-state index in [2.05, 4.69) is 19.2 Å². The van der Waals surface area contributed by atoms with Crippen LogP contribution in [0, 0.1) is 0 Å². The minimum absolute atomic E-state index is 0.583. The summed E-state index contributed by atoms with van der Waals surface area (Å²) >= 11 is 4.08. The van der Waals surface area contributed by atoms with Crippen molar-refractivity contribution >= 4 is 12.6 Å². The van der Waals surface area contributed by atoms with Gasteiger partial charge in [0.15, 0.2) is 0 Å². The van der Waals surface area contributed by atoms with Gasteiger partial charge in [-0.15, -0.1) is 19.2 Å². The Balaban J connectivity index is 0.000000218. The topological polar surface area (TPSA) is 26.0 Å². The molecule has 0 aromatic heterocycles. The summed E-state index contributed by atoms with van der Waals surface area (Å²) < 4.78 is 0. The molecule has 0 saturated carbocycles. The minimum Gasteiger partial charge on any atom is -0.327 e. The number of rotatable bonds is 1. The Morgan fingerprint density at radius 1 is 1.36 bits per heavy atom. The summed E-state index contributed by atoms with van der Waals surface area (Å²) in [7, 11) is 0. The van der Waals surface area contributed by atoms with Crippen molar-refractivity contribution in [2.75, 3.05) is 6.54 Å². The summed E-state index contributed by atoms with van der Waals surface area (Å²) in [6, 6.07) is 9.79. The molecule has 0 aliphatic heterocycles. The van der Waals surface area contributed by atoms with Gasteiger partial charge in [0.05, 0.1) is 0 Å². The quantitative estimate of drug-likeness (QED) is 0.486. The Kier molecular flexibility index (Phi) is 6.89. The van der Waals surface area contributed by atoms with Crippen LogP contribution in [0.3, 0.4) is 0 Å². The van der Waals surface area contributed by atoms with Crippen LogP contribution in [0.5, 0.6) is 0 Å². The predicted molar refractivity (Wildman–Crippen MR) is 52.9 cm³/mol. The molecular weight excluding hydrogens is 154 g/mol. The van der Waals surface area contributed by atoms with Gasteiger partial charge in [-0.05, 0) is 12.1 Å². The molecule has 0 saturated heterocycles. The highest BCUT2D eigenvalue weighted by Crippen LogP contribution is 2.00. The third kappa shape index (κ3) is 7.16. The summed E-state index contributed by atoms with van der Waals surface area (Å²) in [6.07, 6.45) is 1.65. The van der Waals surface area contributed by atoms with Crippen molar-refractivity contribution < 1.29 is 0 Å². The molecule has 0 atom stereocenters. The Labute approximate surface area is 73.3 Å². The fourth-order valence-corrected chi connectivity index (χ4v) is 0.600. The fraction of sp³-hybridized carbons (Fsp3) is 0.111. The van der Waals surface area contributed by atoms with Crippen LogP contribution >= 0.6 is 12.6 Å². The maximum absolute atomic E-state index is 4.91. The molecule has 2 N–H and O–H groups in total. The third-order valence-electron chi connectivity index (χ3n) is 0.923. The van der Waals surface area contributed by atoms with Gasteiger partial charge in [0.1, 0.15) is 0 Å². The van der Waals surface area contributed by atoms with Crippen molar-refractivity contribution in [3.8, 4) is 0 Å². The van der Waals surface area contributed by atoms with E-state index in [1.807, 2.05) is 30.3 Å². The highest BCUT2D eigenvalue weighted by atomic mass is 32.1. The number of hydrogen-bond donors (Lipinski definition) is 2. The summed E-state index contributed by atoms with van der Waals surface area (Å²) in [5.74, 6) is 0. The number of thiol groups is 1. The lowest BCUT2D eigenvalue weighted by Gasteiger charge is -1.81. The molecule has 0 amide bonds. The van der Waals surface area contributed by atoms with Crippen molar-refractivity contribution in [2.45, 2.75) is 4.90 Å². The average molecular weight is 167 g/mol. The fourth-order valence-electron chi connectivity index (χ4n) is 0.428. The lowest BCUT2D eigenvalue weighted by Crippen LogP contribution is -1.90. The van der Waals surface area contributed by atoms with Crippen LogP contribution in [0.15, 0.2) is 47.9 Å². The first-order valence-corrected chi connectivity index (χ1v) is 3.81. The Bertz CT molecular complexity index is 184. The SMILES string of the molecule is C=CCN.Sc1ccccc1. The molecule has 0 aliphatic rings. The van der Waals surface area contributed by atoms with E-state index in [1.54, 1.807) is 6.08 Å². The van der Waals surface area contributed by atoms with Crippen LogP contribution in [-0.2, 0) is 0 Å². The van der Waals surface area contributed by atoms with Crippen molar-refractivity contribution in [3.05, 3.63) is 43.0 Å². The van der Waals surface area contributed by atoms with Crippen LogP contribution in [0.25, 0.3) is 0 Å². The van der Waals surface area contributed by atoms with Gasteiger partial charge >= 0.3 is 0 Å². The van der Waals surface area contributed by atoms with Gasteiger partial charge < -0.3 is 5.73 Å². The molecule has 0 spiro atoms. The number of benzene rings is 1. The van der Waals surface area contributed by atoms with Gasteiger partial charge in [-0.1, -0.05) is 24.3 Å². The Morgan fingerprint density at radius 2 is 1.82 bits per heavy atom. The largest absolute Gasteiger partial charge is 0.327 e. The monoisotopic (exact) mass is 167 g/mol. The molecule has 0 radical (unpaired) electrons. The summed E-state index contributed by atoms with van der Waals surface area (Å²) in [5.41, 5.74) is 4.91. The second-order valence-corrected chi connectivity index (χ2v) is 2.38. The van der Waals surface area contributed by atoms with E-state index in [0.29, 0.717) is 6.54 Å². The molecule has 2 heteroatoms. The molecule has 0 unspecified atom stereocenters. The van der Waals surface area contributed by atoms with E-state index in [-0.39, 0.29) is 0 Å². The van der Waals surface area contributed by atoms with E-state index in [4.69, 9.17) is 5.73 Å². The maximum Gasteiger partial charge on any atom is 0.0104 e. The van der Waals surface area contributed by atoms with Gasteiger partial charge in [0, 0.05) is 11.4 Å². The average Bonchev–Trinajstić information content (AvgIpc) is 2.07. The van der Waals surface area contributed by atoms with Gasteiger partial charge in [-0.2, -0.15) is 0 Å². The molecule has 1 nitrogen and oxygen atoms in total. The molecule has 1 aromatic carbocycles. The Hall–Kier alpha value is -0.730. The maximum atomic E-state index is 4.91. The van der Waals surface area contributed by atoms with E-state index in [0.717, 1.165) is 4.90 Å². The van der Waals surface area contributed by atoms with Crippen LogP contribution in [0.1, 0.15) is 0 Å². The first kappa shape index (κ1) is 10.3. The smallest absolute Gasteiger partial charge is 0.0104 e. The summed E-state index contributed by atoms with van der Waals surface area (Å²) in [5, 5.41) is 0. The van der Waals surface area contributed by atoms with Gasteiger partial charge in [-0.3, -0.25) is 0 Å². The van der Waals surface area contributed by atoms with Crippen LogP contribution in [-0.4, -0.2) is 6.54 Å². The van der Waals surface area contributed by atoms with E-state index >= 15 is 0 Å². The number of hydrogen-bond acceptors (Lipinski definition) is 2. The number of nitrogens with two attached hydrogens (primary N) is 1. The van der Waals surface area contributed by atoms with E-state index in [9.17, 15) is 0 Å². The molecule has 0 fully saturated rings. The lowest BCUT2D eigenvalue weighted by molar-refractivity contribution is 1.26. The molecule has 1 aromatic rings. The van der Waals surface area contributed by atoms with Crippen molar-refractivity contribution in [3.63, 3.8) is 0 Å². The van der Waals surface area contributed by atoms with Gasteiger partial charge in [0.25, 0.3) is 0 Å². The van der Waals surface area contributed by atoms with Crippen molar-refractivity contribution in [1.82, 2.24) is 0 Å². The van der Waals surface area contributed by atoms with E-state index in [1.165, 1.54) is 0 Å². The lowest BCUT2D eigenvalue weighted by atomic mass is 10.4. The molecular formula is C9H13NS. The molecule has 0 heterocycles. The van der Waals surface area contributed by atoms with Crippen LogP contribution < -0.4 is 5.73 Å². The highest BCUT2D eigenvalue weighted by Gasteiger charge is 1.73. The minimum atomic E-state index is 0.583.